The van der Waals surface area contributed by atoms with Crippen LogP contribution < -0.4 is 4.72 Å². The SMILES string of the molecule is Cc1nc(-c2ccc(S(=O)(=O)NCCCC(=O)O)cc2)co1. The summed E-state index contributed by atoms with van der Waals surface area (Å²) in [5, 5.41) is 8.51. The highest BCUT2D eigenvalue weighted by molar-refractivity contribution is 7.89. The molecule has 1 aromatic carbocycles. The van der Waals surface area contributed by atoms with Crippen LogP contribution in [0.25, 0.3) is 11.3 Å². The van der Waals surface area contributed by atoms with Gasteiger partial charge in [0.15, 0.2) is 5.89 Å². The van der Waals surface area contributed by atoms with Gasteiger partial charge in [0.2, 0.25) is 10.0 Å². The quantitative estimate of drug-likeness (QED) is 0.751. The molecule has 0 aliphatic carbocycles. The molecule has 0 spiro atoms. The van der Waals surface area contributed by atoms with E-state index in [0.717, 1.165) is 5.56 Å². The molecule has 0 bridgehead atoms. The summed E-state index contributed by atoms with van der Waals surface area (Å²) in [6.07, 6.45) is 1.67. The van der Waals surface area contributed by atoms with E-state index in [9.17, 15) is 13.2 Å². The molecule has 22 heavy (non-hydrogen) atoms. The highest BCUT2D eigenvalue weighted by atomic mass is 32.2. The number of aliphatic carboxylic acids is 1. The Hall–Kier alpha value is -2.19. The largest absolute Gasteiger partial charge is 0.481 e. The third kappa shape index (κ3) is 4.15. The smallest absolute Gasteiger partial charge is 0.303 e. The maximum atomic E-state index is 12.0. The minimum Gasteiger partial charge on any atom is -0.481 e. The molecule has 2 aromatic rings. The summed E-state index contributed by atoms with van der Waals surface area (Å²) in [6, 6.07) is 6.23. The lowest BCUT2D eigenvalue weighted by molar-refractivity contribution is -0.137. The lowest BCUT2D eigenvalue weighted by Gasteiger charge is -2.06. The summed E-state index contributed by atoms with van der Waals surface area (Å²) in [4.78, 5) is 14.7. The zero-order valence-corrected chi connectivity index (χ0v) is 12.8. The predicted octanol–water partition coefficient (Wildman–Crippen LogP) is 1.79. The van der Waals surface area contributed by atoms with E-state index in [1.54, 1.807) is 19.1 Å². The Morgan fingerprint density at radius 2 is 2.00 bits per heavy atom. The highest BCUT2D eigenvalue weighted by Crippen LogP contribution is 2.20. The van der Waals surface area contributed by atoms with Crippen molar-refractivity contribution in [3.8, 4) is 11.3 Å². The first kappa shape index (κ1) is 16.2. The normalized spacial score (nSPS) is 11.5. The number of nitrogens with zero attached hydrogens (tertiary/aromatic N) is 1. The van der Waals surface area contributed by atoms with Crippen molar-refractivity contribution in [2.75, 3.05) is 6.54 Å². The molecule has 0 aliphatic rings. The number of aryl methyl sites for hydroxylation is 1. The molecule has 118 valence electrons. The molecule has 0 aliphatic heterocycles. The lowest BCUT2D eigenvalue weighted by atomic mass is 10.2. The molecule has 0 unspecified atom stereocenters. The number of oxazole rings is 1. The van der Waals surface area contributed by atoms with Gasteiger partial charge in [0.1, 0.15) is 12.0 Å². The number of nitrogens with one attached hydrogen (secondary N) is 1. The van der Waals surface area contributed by atoms with Gasteiger partial charge in [0, 0.05) is 25.5 Å². The van der Waals surface area contributed by atoms with Crippen LogP contribution in [0.5, 0.6) is 0 Å². The van der Waals surface area contributed by atoms with Gasteiger partial charge in [-0.25, -0.2) is 18.1 Å². The third-order valence-corrected chi connectivity index (χ3v) is 4.42. The molecule has 0 saturated heterocycles. The van der Waals surface area contributed by atoms with Crippen molar-refractivity contribution in [3.05, 3.63) is 36.4 Å². The summed E-state index contributed by atoms with van der Waals surface area (Å²) in [6.45, 7) is 1.81. The average molecular weight is 324 g/mol. The van der Waals surface area contributed by atoms with Crippen molar-refractivity contribution in [3.63, 3.8) is 0 Å². The number of carboxylic acids is 1. The fourth-order valence-corrected chi connectivity index (χ4v) is 2.90. The number of rotatable bonds is 7. The molecule has 2 N–H and O–H groups in total. The third-order valence-electron chi connectivity index (χ3n) is 2.94. The van der Waals surface area contributed by atoms with Crippen LogP contribution in [0.3, 0.4) is 0 Å². The van der Waals surface area contributed by atoms with Crippen LogP contribution in [0.1, 0.15) is 18.7 Å². The van der Waals surface area contributed by atoms with Gasteiger partial charge >= 0.3 is 5.97 Å². The minimum absolute atomic E-state index is 0.0764. The Bertz CT molecular complexity index is 750. The standard InChI is InChI=1S/C14H16N2O5S/c1-10-16-13(9-21-10)11-4-6-12(7-5-11)22(19,20)15-8-2-3-14(17)18/h4-7,9,15H,2-3,8H2,1H3,(H,17,18). The molecule has 7 nitrogen and oxygen atoms in total. The second kappa shape index (κ2) is 6.71. The van der Waals surface area contributed by atoms with Gasteiger partial charge in [0.25, 0.3) is 0 Å². The van der Waals surface area contributed by atoms with Crippen LogP contribution in [0, 0.1) is 6.92 Å². The summed E-state index contributed by atoms with van der Waals surface area (Å²) in [7, 11) is -3.64. The maximum Gasteiger partial charge on any atom is 0.303 e. The van der Waals surface area contributed by atoms with E-state index in [1.165, 1.54) is 18.4 Å². The summed E-state index contributed by atoms with van der Waals surface area (Å²) < 4.78 is 31.6. The van der Waals surface area contributed by atoms with E-state index in [0.29, 0.717) is 11.6 Å². The summed E-state index contributed by atoms with van der Waals surface area (Å²) in [5.41, 5.74) is 1.39. The predicted molar refractivity (Wildman–Crippen MR) is 78.7 cm³/mol. The van der Waals surface area contributed by atoms with Crippen molar-refractivity contribution in [1.29, 1.82) is 0 Å². The van der Waals surface area contributed by atoms with E-state index >= 15 is 0 Å². The topological polar surface area (TPSA) is 110 Å². The Balaban J connectivity index is 2.04. The van der Waals surface area contributed by atoms with Gasteiger partial charge in [-0.05, 0) is 18.6 Å². The van der Waals surface area contributed by atoms with Crippen LogP contribution >= 0.6 is 0 Å². The van der Waals surface area contributed by atoms with Crippen molar-refractivity contribution in [2.24, 2.45) is 0 Å². The molecule has 0 amide bonds. The number of benzene rings is 1. The van der Waals surface area contributed by atoms with Gasteiger partial charge in [-0.1, -0.05) is 12.1 Å². The van der Waals surface area contributed by atoms with Crippen LogP contribution in [0.4, 0.5) is 0 Å². The zero-order valence-electron chi connectivity index (χ0n) is 11.9. The van der Waals surface area contributed by atoms with Crippen molar-refractivity contribution in [1.82, 2.24) is 9.71 Å². The monoisotopic (exact) mass is 324 g/mol. The first-order valence-electron chi connectivity index (χ1n) is 6.62. The second-order valence-electron chi connectivity index (χ2n) is 4.67. The lowest BCUT2D eigenvalue weighted by Crippen LogP contribution is -2.25. The van der Waals surface area contributed by atoms with E-state index in [2.05, 4.69) is 9.71 Å². The van der Waals surface area contributed by atoms with Gasteiger partial charge in [-0.3, -0.25) is 4.79 Å². The number of sulfonamides is 1. The fraction of sp³-hybridized carbons (Fsp3) is 0.286. The molecule has 0 atom stereocenters. The summed E-state index contributed by atoms with van der Waals surface area (Å²) >= 11 is 0. The van der Waals surface area contributed by atoms with Crippen molar-refractivity contribution >= 4 is 16.0 Å². The molecule has 0 radical (unpaired) electrons. The zero-order chi connectivity index (χ0) is 16.2. The number of carbonyl (C=O) groups is 1. The van der Waals surface area contributed by atoms with Gasteiger partial charge in [-0.15, -0.1) is 0 Å². The van der Waals surface area contributed by atoms with Crippen molar-refractivity contribution < 1.29 is 22.7 Å². The molecular formula is C14H16N2O5S. The van der Waals surface area contributed by atoms with E-state index in [-0.39, 0.29) is 24.3 Å². The second-order valence-corrected chi connectivity index (χ2v) is 6.44. The Morgan fingerprint density at radius 3 is 2.55 bits per heavy atom. The average Bonchev–Trinajstić information content (AvgIpc) is 2.90. The number of hydrogen-bond donors (Lipinski definition) is 2. The molecule has 8 heteroatoms. The minimum atomic E-state index is -3.64. The van der Waals surface area contributed by atoms with Gasteiger partial charge in [-0.2, -0.15) is 0 Å². The molecule has 2 rings (SSSR count). The van der Waals surface area contributed by atoms with Crippen molar-refractivity contribution in [2.45, 2.75) is 24.7 Å². The van der Waals surface area contributed by atoms with Crippen LogP contribution in [-0.2, 0) is 14.8 Å². The van der Waals surface area contributed by atoms with E-state index in [1.807, 2.05) is 0 Å². The van der Waals surface area contributed by atoms with Gasteiger partial charge in [0.05, 0.1) is 4.90 Å². The maximum absolute atomic E-state index is 12.0. The Morgan fingerprint density at radius 1 is 1.32 bits per heavy atom. The molecule has 1 aromatic heterocycles. The number of aromatic nitrogens is 1. The number of hydrogen-bond acceptors (Lipinski definition) is 5. The molecular weight excluding hydrogens is 308 g/mol. The number of carboxylic acid groups (broad SMARTS) is 1. The Labute approximate surface area is 128 Å². The van der Waals surface area contributed by atoms with E-state index < -0.39 is 16.0 Å². The van der Waals surface area contributed by atoms with E-state index in [4.69, 9.17) is 9.52 Å². The molecule has 0 saturated carbocycles. The first-order valence-corrected chi connectivity index (χ1v) is 8.11. The highest BCUT2D eigenvalue weighted by Gasteiger charge is 2.14. The molecule has 1 heterocycles. The first-order chi connectivity index (χ1) is 10.4. The van der Waals surface area contributed by atoms with Crippen LogP contribution in [0.15, 0.2) is 39.8 Å². The Kier molecular flexibility index (Phi) is 4.94. The summed E-state index contributed by atoms with van der Waals surface area (Å²) in [5.74, 6) is -0.418. The molecule has 0 fully saturated rings. The van der Waals surface area contributed by atoms with Gasteiger partial charge < -0.3 is 9.52 Å². The van der Waals surface area contributed by atoms with Crippen LogP contribution in [0.2, 0.25) is 0 Å². The fourth-order valence-electron chi connectivity index (χ4n) is 1.83. The van der Waals surface area contributed by atoms with Crippen LogP contribution in [-0.4, -0.2) is 31.0 Å².